The van der Waals surface area contributed by atoms with Crippen molar-refractivity contribution in [1.82, 2.24) is 4.90 Å². The molecule has 2 N–H and O–H groups in total. The minimum atomic E-state index is -0.466. The zero-order valence-corrected chi connectivity index (χ0v) is 11.4. The summed E-state index contributed by atoms with van der Waals surface area (Å²) in [7, 11) is 1.76. The number of carbonyl (C=O) groups excluding carboxylic acids is 1. The predicted octanol–water partition coefficient (Wildman–Crippen LogP) is 1.91. The molecule has 0 aliphatic heterocycles. The summed E-state index contributed by atoms with van der Waals surface area (Å²) in [6.07, 6.45) is 1.78. The molecule has 1 fully saturated rings. The number of nitrogens with two attached hydrogens (primary N) is 1. The van der Waals surface area contributed by atoms with Crippen molar-refractivity contribution < 1.29 is 14.4 Å². The van der Waals surface area contributed by atoms with Crippen LogP contribution in [0.4, 0.5) is 4.79 Å². The first-order valence-corrected chi connectivity index (χ1v) is 5.99. The van der Waals surface area contributed by atoms with E-state index in [4.69, 9.17) is 15.5 Å². The molecule has 5 heteroatoms. The minimum Gasteiger partial charge on any atom is -0.444 e. The van der Waals surface area contributed by atoms with Crippen LogP contribution in [-0.2, 0) is 9.57 Å². The van der Waals surface area contributed by atoms with Gasteiger partial charge >= 0.3 is 6.09 Å². The molecule has 0 aromatic rings. The van der Waals surface area contributed by atoms with Crippen LogP contribution in [0.25, 0.3) is 0 Å². The van der Waals surface area contributed by atoms with E-state index >= 15 is 0 Å². The Kier molecular flexibility index (Phi) is 4.04. The third kappa shape index (κ3) is 3.57. The number of ether oxygens (including phenoxy) is 1. The average Bonchev–Trinajstić information content (AvgIpc) is 2.94. The topological polar surface area (TPSA) is 64.8 Å². The largest absolute Gasteiger partial charge is 0.444 e. The first kappa shape index (κ1) is 14.3. The van der Waals surface area contributed by atoms with Crippen LogP contribution in [0, 0.1) is 5.41 Å². The zero-order valence-electron chi connectivity index (χ0n) is 11.4. The molecule has 17 heavy (non-hydrogen) atoms. The summed E-state index contributed by atoms with van der Waals surface area (Å²) in [5.41, 5.74) is -0.452. The van der Waals surface area contributed by atoms with E-state index in [2.05, 4.69) is 0 Å². The van der Waals surface area contributed by atoms with Crippen LogP contribution in [0.1, 0.15) is 40.5 Å². The highest BCUT2D eigenvalue weighted by Crippen LogP contribution is 2.50. The highest BCUT2D eigenvalue weighted by Gasteiger charge is 2.50. The summed E-state index contributed by atoms with van der Waals surface area (Å²) < 4.78 is 5.34. The van der Waals surface area contributed by atoms with Crippen molar-refractivity contribution >= 4 is 6.09 Å². The molecule has 1 atom stereocenters. The normalized spacial score (nSPS) is 19.6. The van der Waals surface area contributed by atoms with Gasteiger partial charge in [0.2, 0.25) is 0 Å². The van der Waals surface area contributed by atoms with Gasteiger partial charge in [0, 0.05) is 18.5 Å². The summed E-state index contributed by atoms with van der Waals surface area (Å²) in [6.45, 7) is 8.08. The fraction of sp³-hybridized carbons (Fsp3) is 0.917. The summed E-state index contributed by atoms with van der Waals surface area (Å²) in [6, 6.07) is 0.0703. The van der Waals surface area contributed by atoms with Crippen molar-refractivity contribution in [2.45, 2.75) is 52.2 Å². The molecule has 0 spiro atoms. The first-order valence-electron chi connectivity index (χ1n) is 5.99. The Morgan fingerprint density at radius 3 is 2.35 bits per heavy atom. The van der Waals surface area contributed by atoms with Gasteiger partial charge in [-0.1, -0.05) is 0 Å². The number of hydrogen-bond acceptors (Lipinski definition) is 4. The van der Waals surface area contributed by atoms with E-state index in [1.165, 1.54) is 0 Å². The lowest BCUT2D eigenvalue weighted by Crippen LogP contribution is -2.45. The Hall–Kier alpha value is -0.810. The number of nitrogens with zero attached hydrogens (tertiary/aromatic N) is 1. The van der Waals surface area contributed by atoms with Crippen LogP contribution in [-0.4, -0.2) is 36.3 Å². The van der Waals surface area contributed by atoms with E-state index in [9.17, 15) is 4.79 Å². The molecule has 1 rings (SSSR count). The molecule has 0 radical (unpaired) electrons. The summed E-state index contributed by atoms with van der Waals surface area (Å²) >= 11 is 0. The highest BCUT2D eigenvalue weighted by molar-refractivity contribution is 5.68. The van der Waals surface area contributed by atoms with Gasteiger partial charge in [-0.3, -0.25) is 0 Å². The fourth-order valence-electron chi connectivity index (χ4n) is 1.91. The summed E-state index contributed by atoms with van der Waals surface area (Å²) in [5, 5.41) is 0. The maximum Gasteiger partial charge on any atom is 0.410 e. The molecule has 0 aromatic heterocycles. The molecule has 100 valence electrons. The number of amides is 1. The van der Waals surface area contributed by atoms with Crippen molar-refractivity contribution in [3.63, 3.8) is 0 Å². The van der Waals surface area contributed by atoms with E-state index in [1.807, 2.05) is 27.7 Å². The maximum absolute atomic E-state index is 11.9. The summed E-state index contributed by atoms with van der Waals surface area (Å²) in [4.78, 5) is 18.3. The molecular formula is C12H24N2O3. The molecule has 0 saturated heterocycles. The molecule has 1 aliphatic rings. The zero-order chi connectivity index (χ0) is 13.3. The third-order valence-electron chi connectivity index (χ3n) is 3.41. The molecular weight excluding hydrogens is 220 g/mol. The van der Waals surface area contributed by atoms with Crippen LogP contribution in [0.3, 0.4) is 0 Å². The lowest BCUT2D eigenvalue weighted by molar-refractivity contribution is 0.00440. The van der Waals surface area contributed by atoms with E-state index in [1.54, 1.807) is 11.9 Å². The lowest BCUT2D eigenvalue weighted by Gasteiger charge is -2.33. The van der Waals surface area contributed by atoms with Crippen molar-refractivity contribution in [3.05, 3.63) is 0 Å². The minimum absolute atomic E-state index is 0.0143. The quantitative estimate of drug-likeness (QED) is 0.767. The molecule has 1 aliphatic carbocycles. The van der Waals surface area contributed by atoms with Crippen molar-refractivity contribution in [1.29, 1.82) is 0 Å². The van der Waals surface area contributed by atoms with Gasteiger partial charge in [-0.25, -0.2) is 10.7 Å². The summed E-state index contributed by atoms with van der Waals surface area (Å²) in [5.74, 6) is 5.14. The van der Waals surface area contributed by atoms with Gasteiger partial charge in [0.1, 0.15) is 5.60 Å². The van der Waals surface area contributed by atoms with Crippen molar-refractivity contribution in [2.24, 2.45) is 11.3 Å². The number of hydrogen-bond donors (Lipinski definition) is 1. The Morgan fingerprint density at radius 2 is 2.00 bits per heavy atom. The molecule has 1 unspecified atom stereocenters. The average molecular weight is 244 g/mol. The van der Waals surface area contributed by atoms with Gasteiger partial charge < -0.3 is 14.5 Å². The Labute approximate surface area is 103 Å². The SMILES string of the molecule is CC(N(C)C(=O)OC(C)(C)C)C1(CON)CC1. The molecule has 5 nitrogen and oxygen atoms in total. The van der Waals surface area contributed by atoms with Gasteiger partial charge in [0.05, 0.1) is 6.61 Å². The third-order valence-corrected chi connectivity index (χ3v) is 3.41. The fourth-order valence-corrected chi connectivity index (χ4v) is 1.91. The van der Waals surface area contributed by atoms with E-state index in [-0.39, 0.29) is 17.6 Å². The maximum atomic E-state index is 11.9. The highest BCUT2D eigenvalue weighted by atomic mass is 16.6. The molecule has 0 bridgehead atoms. The van der Waals surface area contributed by atoms with Crippen LogP contribution < -0.4 is 5.90 Å². The first-order chi connectivity index (χ1) is 7.72. The second-order valence-electron chi connectivity index (χ2n) is 5.94. The smallest absolute Gasteiger partial charge is 0.410 e. The van der Waals surface area contributed by atoms with E-state index < -0.39 is 5.60 Å². The number of rotatable bonds is 4. The van der Waals surface area contributed by atoms with Gasteiger partial charge in [-0.05, 0) is 40.5 Å². The Balaban J connectivity index is 2.58. The molecule has 0 aromatic carbocycles. The predicted molar refractivity (Wildman–Crippen MR) is 65.3 cm³/mol. The van der Waals surface area contributed by atoms with Crippen LogP contribution >= 0.6 is 0 Å². The van der Waals surface area contributed by atoms with Gasteiger partial charge in [-0.15, -0.1) is 0 Å². The van der Waals surface area contributed by atoms with Gasteiger partial charge in [0.25, 0.3) is 0 Å². The monoisotopic (exact) mass is 244 g/mol. The van der Waals surface area contributed by atoms with Crippen molar-refractivity contribution in [2.75, 3.05) is 13.7 Å². The van der Waals surface area contributed by atoms with E-state index in [0.29, 0.717) is 6.61 Å². The Morgan fingerprint density at radius 1 is 1.47 bits per heavy atom. The number of carbonyl (C=O) groups is 1. The second-order valence-corrected chi connectivity index (χ2v) is 5.94. The van der Waals surface area contributed by atoms with Gasteiger partial charge in [0.15, 0.2) is 0 Å². The van der Waals surface area contributed by atoms with Crippen molar-refractivity contribution in [3.8, 4) is 0 Å². The molecule has 0 heterocycles. The Bertz CT molecular complexity index is 282. The molecule has 1 saturated carbocycles. The second kappa shape index (κ2) is 4.82. The standard InChI is InChI=1S/C12H24N2O3/c1-9(12(6-7-12)8-16-13)14(5)10(15)17-11(2,3)4/h9H,6-8,13H2,1-5H3. The molecule has 1 amide bonds. The van der Waals surface area contributed by atoms with E-state index in [0.717, 1.165) is 12.8 Å². The van der Waals surface area contributed by atoms with Crippen LogP contribution in [0.15, 0.2) is 0 Å². The van der Waals surface area contributed by atoms with Gasteiger partial charge in [-0.2, -0.15) is 0 Å². The lowest BCUT2D eigenvalue weighted by atomic mass is 9.98. The van der Waals surface area contributed by atoms with Crippen LogP contribution in [0.2, 0.25) is 0 Å². The van der Waals surface area contributed by atoms with Crippen LogP contribution in [0.5, 0.6) is 0 Å².